The molecular formula is C34H27F2NO4. The molecule has 0 aliphatic rings. The standard InChI is InChI=1S/C34H27F2NO4/c1-19-5-9-23(10-6-19)32(38)25-13-14-29(21(3)15-25)40-26-16-22(4)31-27(17-26)30(18-28(37-31)33(35)36)41-34(39)24-11-7-20(2)8-12-24/h5-18,33H,1-4H3. The first-order valence-corrected chi connectivity index (χ1v) is 13.0. The van der Waals surface area contributed by atoms with Crippen LogP contribution in [0.1, 0.15) is 60.7 Å². The van der Waals surface area contributed by atoms with Crippen LogP contribution in [-0.2, 0) is 0 Å². The van der Waals surface area contributed by atoms with Gasteiger partial charge in [-0.2, -0.15) is 0 Å². The van der Waals surface area contributed by atoms with Crippen molar-refractivity contribution in [2.24, 2.45) is 0 Å². The number of aromatic nitrogens is 1. The smallest absolute Gasteiger partial charge is 0.343 e. The van der Waals surface area contributed by atoms with E-state index in [2.05, 4.69) is 4.98 Å². The molecule has 5 rings (SSSR count). The van der Waals surface area contributed by atoms with Crippen molar-refractivity contribution in [2.75, 3.05) is 0 Å². The lowest BCUT2D eigenvalue weighted by Crippen LogP contribution is -2.10. The van der Waals surface area contributed by atoms with Crippen LogP contribution in [0, 0.1) is 27.7 Å². The van der Waals surface area contributed by atoms with Crippen molar-refractivity contribution < 1.29 is 27.8 Å². The van der Waals surface area contributed by atoms with E-state index >= 15 is 0 Å². The van der Waals surface area contributed by atoms with Crippen molar-refractivity contribution in [1.82, 2.24) is 4.98 Å². The minimum absolute atomic E-state index is 0.0415. The number of alkyl halides is 2. The Balaban J connectivity index is 1.48. The summed E-state index contributed by atoms with van der Waals surface area (Å²) in [5, 5.41) is 0.355. The third-order valence-corrected chi connectivity index (χ3v) is 6.75. The first-order chi connectivity index (χ1) is 19.6. The quantitative estimate of drug-likeness (QED) is 0.150. The summed E-state index contributed by atoms with van der Waals surface area (Å²) >= 11 is 0. The van der Waals surface area contributed by atoms with Crippen molar-refractivity contribution in [2.45, 2.75) is 34.1 Å². The van der Waals surface area contributed by atoms with Crippen molar-refractivity contribution in [1.29, 1.82) is 0 Å². The molecule has 0 radical (unpaired) electrons. The lowest BCUT2D eigenvalue weighted by molar-refractivity contribution is 0.0735. The molecule has 41 heavy (non-hydrogen) atoms. The molecule has 0 atom stereocenters. The van der Waals surface area contributed by atoms with Gasteiger partial charge in [-0.05, 0) is 81.3 Å². The van der Waals surface area contributed by atoms with E-state index in [9.17, 15) is 18.4 Å². The highest BCUT2D eigenvalue weighted by molar-refractivity contribution is 6.09. The Kier molecular flexibility index (Phi) is 7.62. The number of pyridine rings is 1. The van der Waals surface area contributed by atoms with Gasteiger partial charge in [0.25, 0.3) is 6.43 Å². The number of ketones is 1. The number of nitrogens with zero attached hydrogens (tertiary/aromatic N) is 1. The molecule has 0 bridgehead atoms. The van der Waals surface area contributed by atoms with E-state index < -0.39 is 18.1 Å². The molecule has 206 valence electrons. The second-order valence-electron chi connectivity index (χ2n) is 10.0. The third-order valence-electron chi connectivity index (χ3n) is 6.75. The summed E-state index contributed by atoms with van der Waals surface area (Å²) in [5.41, 5.74) is 4.54. The molecule has 0 unspecified atom stereocenters. The average molecular weight is 552 g/mol. The van der Waals surface area contributed by atoms with Crippen LogP contribution in [0.3, 0.4) is 0 Å². The monoisotopic (exact) mass is 551 g/mol. The Morgan fingerprint density at radius 1 is 0.683 bits per heavy atom. The lowest BCUT2D eigenvalue weighted by atomic mass is 10.0. The topological polar surface area (TPSA) is 65.5 Å². The number of benzene rings is 4. The van der Waals surface area contributed by atoms with Crippen LogP contribution in [0.2, 0.25) is 0 Å². The second-order valence-corrected chi connectivity index (χ2v) is 10.0. The number of hydrogen-bond donors (Lipinski definition) is 0. The SMILES string of the molecule is Cc1ccc(C(=O)Oc2cc(C(F)F)nc3c(C)cc(Oc4ccc(C(=O)c5ccc(C)cc5)cc4C)cc23)cc1. The fraction of sp³-hybridized carbons (Fsp3) is 0.147. The Morgan fingerprint density at radius 2 is 1.29 bits per heavy atom. The number of aryl methyl sites for hydroxylation is 4. The maximum Gasteiger partial charge on any atom is 0.343 e. The molecule has 0 aliphatic carbocycles. The van der Waals surface area contributed by atoms with E-state index in [0.29, 0.717) is 39.1 Å². The van der Waals surface area contributed by atoms with Crippen molar-refractivity contribution in [3.63, 3.8) is 0 Å². The zero-order chi connectivity index (χ0) is 29.3. The molecule has 0 saturated heterocycles. The average Bonchev–Trinajstić information content (AvgIpc) is 2.94. The molecule has 5 nitrogen and oxygen atoms in total. The molecule has 0 spiro atoms. The summed E-state index contributed by atoms with van der Waals surface area (Å²) in [4.78, 5) is 29.9. The second kappa shape index (κ2) is 11.3. The Morgan fingerprint density at radius 3 is 1.90 bits per heavy atom. The molecule has 1 aromatic heterocycles. The summed E-state index contributed by atoms with van der Waals surface area (Å²) in [5.74, 6) is 0.100. The number of halogens is 2. The summed E-state index contributed by atoms with van der Waals surface area (Å²) in [6.07, 6.45) is -2.85. The van der Waals surface area contributed by atoms with Gasteiger partial charge in [0.1, 0.15) is 22.9 Å². The molecule has 1 heterocycles. The number of fused-ring (bicyclic) bond motifs is 1. The lowest BCUT2D eigenvalue weighted by Gasteiger charge is -2.15. The fourth-order valence-electron chi connectivity index (χ4n) is 4.46. The van der Waals surface area contributed by atoms with Crippen LogP contribution < -0.4 is 9.47 Å². The van der Waals surface area contributed by atoms with Crippen LogP contribution in [0.4, 0.5) is 8.78 Å². The van der Waals surface area contributed by atoms with Gasteiger partial charge in [0.05, 0.1) is 11.1 Å². The number of rotatable bonds is 7. The molecule has 5 aromatic rings. The third kappa shape index (κ3) is 5.99. The normalized spacial score (nSPS) is 11.1. The predicted molar refractivity (Wildman–Crippen MR) is 153 cm³/mol. The highest BCUT2D eigenvalue weighted by atomic mass is 19.3. The number of hydrogen-bond acceptors (Lipinski definition) is 5. The van der Waals surface area contributed by atoms with Gasteiger partial charge in [0.2, 0.25) is 0 Å². The summed E-state index contributed by atoms with van der Waals surface area (Å²) in [6, 6.07) is 23.7. The van der Waals surface area contributed by atoms with E-state index in [1.165, 1.54) is 0 Å². The Labute approximate surface area is 236 Å². The minimum atomic E-state index is -2.85. The number of esters is 1. The maximum atomic E-state index is 13.7. The molecule has 0 saturated carbocycles. The van der Waals surface area contributed by atoms with Crippen LogP contribution in [0.5, 0.6) is 17.2 Å². The first-order valence-electron chi connectivity index (χ1n) is 13.0. The van der Waals surface area contributed by atoms with Gasteiger partial charge in [-0.1, -0.05) is 47.5 Å². The largest absolute Gasteiger partial charge is 0.457 e. The van der Waals surface area contributed by atoms with Gasteiger partial charge in [-0.25, -0.2) is 18.6 Å². The van der Waals surface area contributed by atoms with Crippen LogP contribution in [0.15, 0.2) is 84.9 Å². The summed E-state index contributed by atoms with van der Waals surface area (Å²) in [7, 11) is 0. The van der Waals surface area contributed by atoms with Crippen molar-refractivity contribution in [3.8, 4) is 17.2 Å². The zero-order valence-electron chi connectivity index (χ0n) is 23.0. The van der Waals surface area contributed by atoms with Crippen molar-refractivity contribution >= 4 is 22.7 Å². The predicted octanol–water partition coefficient (Wildman–Crippen LogP) is 8.65. The molecule has 0 amide bonds. The summed E-state index contributed by atoms with van der Waals surface area (Å²) < 4.78 is 39.1. The maximum absolute atomic E-state index is 13.7. The van der Waals surface area contributed by atoms with Gasteiger partial charge in [0.15, 0.2) is 5.78 Å². The molecule has 7 heteroatoms. The van der Waals surface area contributed by atoms with Gasteiger partial charge in [0, 0.05) is 22.6 Å². The van der Waals surface area contributed by atoms with Gasteiger partial charge < -0.3 is 9.47 Å². The van der Waals surface area contributed by atoms with E-state index in [1.54, 1.807) is 73.7 Å². The van der Waals surface area contributed by atoms with Crippen LogP contribution >= 0.6 is 0 Å². The zero-order valence-corrected chi connectivity index (χ0v) is 23.0. The van der Waals surface area contributed by atoms with E-state index in [4.69, 9.17) is 9.47 Å². The molecule has 4 aromatic carbocycles. The molecule has 0 N–H and O–H groups in total. The highest BCUT2D eigenvalue weighted by Gasteiger charge is 2.20. The number of carbonyl (C=O) groups is 2. The van der Waals surface area contributed by atoms with Crippen molar-refractivity contribution in [3.05, 3.63) is 130 Å². The Hall–Kier alpha value is -4.91. The van der Waals surface area contributed by atoms with Gasteiger partial charge in [-0.15, -0.1) is 0 Å². The molecule has 0 aliphatic heterocycles. The Bertz CT molecular complexity index is 1780. The van der Waals surface area contributed by atoms with E-state index in [1.807, 2.05) is 32.9 Å². The van der Waals surface area contributed by atoms with Gasteiger partial charge in [-0.3, -0.25) is 4.79 Å². The van der Waals surface area contributed by atoms with E-state index in [0.717, 1.165) is 22.8 Å². The van der Waals surface area contributed by atoms with Crippen LogP contribution in [0.25, 0.3) is 10.9 Å². The fourth-order valence-corrected chi connectivity index (χ4v) is 4.46. The van der Waals surface area contributed by atoms with E-state index in [-0.39, 0.29) is 17.0 Å². The number of carbonyl (C=O) groups excluding carboxylic acids is 2. The molecule has 0 fully saturated rings. The first kappa shape index (κ1) is 27.6. The molecular weight excluding hydrogens is 524 g/mol. The summed E-state index contributed by atoms with van der Waals surface area (Å²) in [6.45, 7) is 7.41. The minimum Gasteiger partial charge on any atom is -0.457 e. The van der Waals surface area contributed by atoms with Gasteiger partial charge >= 0.3 is 5.97 Å². The highest BCUT2D eigenvalue weighted by Crippen LogP contribution is 2.36. The number of ether oxygens (including phenoxy) is 2. The van der Waals surface area contributed by atoms with Crippen LogP contribution in [-0.4, -0.2) is 16.7 Å².